The fourth-order valence-corrected chi connectivity index (χ4v) is 13.3. The number of hydrogen-bond acceptors (Lipinski definition) is 13. The first-order valence-corrected chi connectivity index (χ1v) is 28.4. The molecule has 2 heterocycles. The van der Waals surface area contributed by atoms with Gasteiger partial charge in [0, 0.05) is 120 Å². The number of β-amino-alcohol motifs (C(OH)–C–C–N with tert-alkyl or cyclic N) is 2. The number of phenolic OH excluding ortho intramolecular Hbond substituents is 2. The molecule has 2 saturated carbocycles. The van der Waals surface area contributed by atoms with Crippen LogP contribution in [0.2, 0.25) is 0 Å². The minimum absolute atomic E-state index is 0. The number of nitrogens with zero attached hydrogens (tertiary/aromatic N) is 2. The predicted octanol–water partition coefficient (Wildman–Crippen LogP) is 10.1. The Morgan fingerprint density at radius 3 is 1.48 bits per heavy atom. The maximum absolute atomic E-state index is 13.2. The quantitative estimate of drug-likeness (QED) is 0.0433. The maximum atomic E-state index is 13.2. The Labute approximate surface area is 495 Å². The minimum Gasteiger partial charge on any atom is -0.508 e. The number of thioether (sulfide) groups is 2. The number of amides is 1. The Hall–Kier alpha value is -2.81. The number of fused-ring (bicyclic) bond motifs is 2. The van der Waals surface area contributed by atoms with Crippen molar-refractivity contribution < 1.29 is 83.7 Å². The van der Waals surface area contributed by atoms with E-state index in [9.17, 15) is 34.5 Å². The summed E-state index contributed by atoms with van der Waals surface area (Å²) in [5.74, 6) is 3.92. The molecule has 75 heavy (non-hydrogen) atoms. The summed E-state index contributed by atoms with van der Waals surface area (Å²) in [5.41, 5.74) is 8.03. The van der Waals surface area contributed by atoms with Crippen molar-refractivity contribution in [2.24, 2.45) is 29.4 Å². The second-order valence-corrected chi connectivity index (χ2v) is 23.1. The van der Waals surface area contributed by atoms with Crippen molar-refractivity contribution in [3.63, 3.8) is 0 Å². The number of aliphatic hydroxyl groups is 2. The third-order valence-corrected chi connectivity index (χ3v) is 18.0. The molecule has 4 aromatic rings. The van der Waals surface area contributed by atoms with Gasteiger partial charge < -0.3 is 31.5 Å². The van der Waals surface area contributed by atoms with E-state index in [1.807, 2.05) is 48.5 Å². The Bertz CT molecular complexity index is 2430. The van der Waals surface area contributed by atoms with Gasteiger partial charge in [0.15, 0.2) is 0 Å². The molecular formula is C59H81AcClN4O8S2. The zero-order valence-electron chi connectivity index (χ0n) is 43.5. The molecule has 2 saturated heterocycles. The Morgan fingerprint density at radius 2 is 1.04 bits per heavy atom. The summed E-state index contributed by atoms with van der Waals surface area (Å²) in [4.78, 5) is 55.2. The third kappa shape index (κ3) is 19.2. The molecule has 2 aliphatic carbocycles. The molecule has 1 radical (unpaired) electrons. The van der Waals surface area contributed by atoms with Crippen LogP contribution in [-0.4, -0.2) is 127 Å². The van der Waals surface area contributed by atoms with Gasteiger partial charge in [0.05, 0.1) is 30.3 Å². The molecule has 16 heteroatoms. The number of aliphatic hydroxyl groups excluding tert-OH is 2. The van der Waals surface area contributed by atoms with Gasteiger partial charge in [0.25, 0.3) is 11.1 Å². The van der Waals surface area contributed by atoms with Gasteiger partial charge >= 0.3 is 0 Å². The number of Topliss-reactive ketones (excluding diaryl/α,β-unsaturated/α-hetero) is 2. The van der Waals surface area contributed by atoms with Crippen molar-refractivity contribution >= 4 is 57.8 Å². The van der Waals surface area contributed by atoms with E-state index < -0.39 is 23.5 Å². The summed E-state index contributed by atoms with van der Waals surface area (Å²) in [6.45, 7) is 9.30. The largest absolute Gasteiger partial charge is 0.508 e. The van der Waals surface area contributed by atoms with Crippen LogP contribution < -0.4 is 11.1 Å². The van der Waals surface area contributed by atoms with Crippen molar-refractivity contribution in [2.75, 3.05) is 37.7 Å². The molecule has 407 valence electrons. The van der Waals surface area contributed by atoms with Crippen LogP contribution in [0, 0.1) is 81.6 Å². The van der Waals surface area contributed by atoms with E-state index in [-0.39, 0.29) is 98.6 Å². The smallest absolute Gasteiger partial charge is 0.252 e. The second kappa shape index (κ2) is 32.3. The summed E-state index contributed by atoms with van der Waals surface area (Å²) in [6, 6.07) is 28.5. The van der Waals surface area contributed by atoms with Gasteiger partial charge in [-0.15, -0.1) is 23.5 Å². The van der Waals surface area contributed by atoms with E-state index >= 15 is 0 Å². The maximum Gasteiger partial charge on any atom is 0.252 e. The first kappa shape index (κ1) is 64.7. The molecule has 10 atom stereocenters. The van der Waals surface area contributed by atoms with Crippen molar-refractivity contribution in [2.45, 2.75) is 145 Å². The first-order valence-electron chi connectivity index (χ1n) is 26.0. The van der Waals surface area contributed by atoms with Crippen molar-refractivity contribution in [3.8, 4) is 11.5 Å². The number of halogens is 1. The first-order chi connectivity index (χ1) is 35.0. The van der Waals surface area contributed by atoms with Crippen LogP contribution in [0.1, 0.15) is 117 Å². The van der Waals surface area contributed by atoms with Crippen molar-refractivity contribution in [1.29, 1.82) is 0 Å². The number of carbonyl (C=O) groups is 4. The van der Waals surface area contributed by atoms with Crippen LogP contribution in [0.4, 0.5) is 0 Å². The summed E-state index contributed by atoms with van der Waals surface area (Å²) in [7, 11) is 0. The molecular weight excluding hydrogens is 1220 g/mol. The molecule has 0 bridgehead atoms. The standard InChI is InChI=1S/C29H38N2O4S.C21H32N2O2S.C8H7ClO2.CH4.Ac/c1-19-24(13-8-14-27(19)33)29(35)30-25(18-36-23-11-4-3-5-12-23)28(34)17-31-16-22-10-7-6-9-21(22)15-26(31)20(2)32;1-15(24)20-11-16-7-5-6-8-17(16)12-23(20)13-21(25)19(22)14-26-18-9-3-2-4-10-18;1-5-6(8(9)11)3-2-4-7(5)10;;/h3-5,8,11-14,21-22,25-26,28,33-34H,6-7,9-10,15-18H2,1-2H3,(H,30,35);2-4,9-10,16-17,19-21,25H,5-8,11-14,22H2,1H3;2-4,10H,1H3;1H4;/t21-,22+,25-,26-,28+;16-,17+,19-,20-,21+;;;/m00.../s1. The van der Waals surface area contributed by atoms with Crippen LogP contribution >= 0.6 is 35.1 Å². The number of nitrogens with two attached hydrogens (primary N) is 1. The average molecular weight is 1300 g/mol. The molecule has 7 N–H and O–H groups in total. The van der Waals surface area contributed by atoms with Gasteiger partial charge in [0.1, 0.15) is 23.1 Å². The van der Waals surface area contributed by atoms with Gasteiger partial charge in [0.2, 0.25) is 0 Å². The Morgan fingerprint density at radius 1 is 0.627 bits per heavy atom. The van der Waals surface area contributed by atoms with Gasteiger partial charge in [-0.1, -0.05) is 94.5 Å². The number of rotatable bonds is 17. The predicted molar refractivity (Wildman–Crippen MR) is 300 cm³/mol. The molecule has 4 aromatic carbocycles. The van der Waals surface area contributed by atoms with Crippen molar-refractivity contribution in [3.05, 3.63) is 119 Å². The molecule has 1 amide bonds. The molecule has 0 spiro atoms. The second-order valence-electron chi connectivity index (χ2n) is 20.5. The molecule has 4 fully saturated rings. The SMILES string of the molecule is C.CC(=O)[C@@H]1C[C@@H]2CCCC[C@@H]2CN1C[C@@H](O)[C@@H](N)CSc1ccccc1.CC(=O)[C@@H]1C[C@@H]2CCCC[C@@H]2CN1C[C@@H](O)[C@H](CSc1ccccc1)NC(=O)c1cccc(O)c1C.Cc1c(O)cccc1C(=O)Cl.[Ac]. The number of aromatic hydroxyl groups is 2. The van der Waals surface area contributed by atoms with Crippen molar-refractivity contribution in [1.82, 2.24) is 15.1 Å². The monoisotopic (exact) mass is 1300 g/mol. The van der Waals surface area contributed by atoms with E-state index in [0.717, 1.165) is 30.8 Å². The van der Waals surface area contributed by atoms with Gasteiger partial charge in [-0.2, -0.15) is 0 Å². The van der Waals surface area contributed by atoms with Gasteiger partial charge in [-0.25, -0.2) is 0 Å². The molecule has 12 nitrogen and oxygen atoms in total. The molecule has 8 rings (SSSR count). The summed E-state index contributed by atoms with van der Waals surface area (Å²) in [5, 5.41) is 43.8. The summed E-state index contributed by atoms with van der Waals surface area (Å²) >= 11 is 8.48. The van der Waals surface area contributed by atoms with E-state index in [2.05, 4.69) is 27.2 Å². The van der Waals surface area contributed by atoms with Crippen LogP contribution in [0.3, 0.4) is 0 Å². The third-order valence-electron chi connectivity index (χ3n) is 15.5. The van der Waals surface area contributed by atoms with E-state index in [1.165, 1.54) is 62.3 Å². The topological polar surface area (TPSA) is 194 Å². The van der Waals surface area contributed by atoms with E-state index in [1.54, 1.807) is 81.6 Å². The van der Waals surface area contributed by atoms with Gasteiger partial charge in [-0.3, -0.25) is 29.0 Å². The Kier molecular flexibility index (Phi) is 27.9. The number of nitrogens with one attached hydrogen (secondary N) is 1. The van der Waals surface area contributed by atoms with Crippen LogP contribution in [0.5, 0.6) is 11.5 Å². The minimum atomic E-state index is -0.843. The number of likely N-dealkylation sites (tertiary alicyclic amines) is 2. The number of piperidine rings is 2. The number of ketones is 2. The molecule has 0 unspecified atom stereocenters. The number of hydrogen-bond donors (Lipinski definition) is 6. The van der Waals surface area contributed by atoms with Gasteiger partial charge in [-0.05, 0) is 137 Å². The van der Waals surface area contributed by atoms with E-state index in [4.69, 9.17) is 22.4 Å². The van der Waals surface area contributed by atoms with Crippen LogP contribution in [0.15, 0.2) is 107 Å². The fourth-order valence-electron chi connectivity index (χ4n) is 11.1. The summed E-state index contributed by atoms with van der Waals surface area (Å²) < 4.78 is 0. The van der Waals surface area contributed by atoms with Crippen LogP contribution in [0.25, 0.3) is 0 Å². The summed E-state index contributed by atoms with van der Waals surface area (Å²) in [6.07, 6.45) is 10.4. The van der Waals surface area contributed by atoms with E-state index in [0.29, 0.717) is 70.5 Å². The Balaban J connectivity index is 0.000000272. The van der Waals surface area contributed by atoms with Crippen LogP contribution in [-0.2, 0) is 9.59 Å². The zero-order valence-corrected chi connectivity index (χ0v) is 50.6. The number of benzene rings is 4. The fraction of sp³-hybridized carbons (Fsp3) is 0.525. The number of carbonyl (C=O) groups excluding carboxylic acids is 4. The molecule has 0 aromatic heterocycles. The molecule has 2 aliphatic heterocycles. The normalized spacial score (nSPS) is 22.9. The number of phenols is 2. The molecule has 4 aliphatic rings. The zero-order chi connectivity index (χ0) is 52.6. The average Bonchev–Trinajstić information content (AvgIpc) is 3.38.